The number of rotatable bonds is 4. The van der Waals surface area contributed by atoms with E-state index in [4.69, 9.17) is 5.73 Å². The molecular formula is C13H18F2N2O2. The molecule has 0 aliphatic rings. The van der Waals surface area contributed by atoms with Gasteiger partial charge in [-0.05, 0) is 29.7 Å². The molecule has 0 fully saturated rings. The molecule has 3 N–H and O–H groups in total. The molecular weight excluding hydrogens is 254 g/mol. The summed E-state index contributed by atoms with van der Waals surface area (Å²) in [5, 5.41) is 2.62. The van der Waals surface area contributed by atoms with Crippen LogP contribution in [0.15, 0.2) is 24.3 Å². The Morgan fingerprint density at radius 1 is 1.26 bits per heavy atom. The lowest BCUT2D eigenvalue weighted by molar-refractivity contribution is -0.119. The van der Waals surface area contributed by atoms with Crippen molar-refractivity contribution < 1.29 is 18.3 Å². The Morgan fingerprint density at radius 2 is 1.79 bits per heavy atom. The van der Waals surface area contributed by atoms with Gasteiger partial charge in [-0.15, -0.1) is 0 Å². The van der Waals surface area contributed by atoms with Gasteiger partial charge < -0.3 is 15.8 Å². The molecule has 0 saturated heterocycles. The fourth-order valence-corrected chi connectivity index (χ4v) is 1.33. The molecule has 0 spiro atoms. The second-order valence-corrected chi connectivity index (χ2v) is 5.24. The van der Waals surface area contributed by atoms with Gasteiger partial charge in [0.1, 0.15) is 5.75 Å². The van der Waals surface area contributed by atoms with Crippen LogP contribution in [0.3, 0.4) is 0 Å². The minimum Gasteiger partial charge on any atom is -0.435 e. The lowest BCUT2D eigenvalue weighted by Crippen LogP contribution is -2.45. The molecule has 0 aliphatic heterocycles. The summed E-state index contributed by atoms with van der Waals surface area (Å²) >= 11 is 0. The fourth-order valence-electron chi connectivity index (χ4n) is 1.33. The van der Waals surface area contributed by atoms with E-state index in [1.165, 1.54) is 24.3 Å². The van der Waals surface area contributed by atoms with E-state index >= 15 is 0 Å². The molecule has 4 nitrogen and oxygen atoms in total. The number of carbonyl (C=O) groups excluding carboxylic acids is 1. The first-order valence-electron chi connectivity index (χ1n) is 5.81. The van der Waals surface area contributed by atoms with Crippen LogP contribution in [0, 0.1) is 5.41 Å². The van der Waals surface area contributed by atoms with Gasteiger partial charge in [-0.1, -0.05) is 20.8 Å². The zero-order valence-corrected chi connectivity index (χ0v) is 11.1. The highest BCUT2D eigenvalue weighted by Crippen LogP contribution is 2.21. The Bertz CT molecular complexity index is 427. The summed E-state index contributed by atoms with van der Waals surface area (Å²) in [5.74, 6) is -0.289. The van der Waals surface area contributed by atoms with Gasteiger partial charge in [0.25, 0.3) is 0 Å². The van der Waals surface area contributed by atoms with Gasteiger partial charge in [0.15, 0.2) is 0 Å². The number of nitrogens with one attached hydrogen (secondary N) is 1. The molecule has 1 rings (SSSR count). The van der Waals surface area contributed by atoms with Crippen LogP contribution in [0.2, 0.25) is 0 Å². The Morgan fingerprint density at radius 3 is 2.21 bits per heavy atom. The number of nitrogens with two attached hydrogens (primary N) is 1. The minimum absolute atomic E-state index is 0.0353. The first-order valence-corrected chi connectivity index (χ1v) is 5.81. The molecule has 0 unspecified atom stereocenters. The van der Waals surface area contributed by atoms with Gasteiger partial charge in [-0.2, -0.15) is 8.78 Å². The Balaban J connectivity index is 2.65. The molecule has 1 aromatic carbocycles. The highest BCUT2D eigenvalue weighted by molar-refractivity contribution is 5.95. The topological polar surface area (TPSA) is 64.4 Å². The Labute approximate surface area is 110 Å². The van der Waals surface area contributed by atoms with Crippen molar-refractivity contribution in [3.63, 3.8) is 0 Å². The van der Waals surface area contributed by atoms with Crippen LogP contribution in [-0.2, 0) is 4.79 Å². The zero-order chi connectivity index (χ0) is 14.6. The summed E-state index contributed by atoms with van der Waals surface area (Å²) in [6.07, 6.45) is 0. The summed E-state index contributed by atoms with van der Waals surface area (Å²) in [4.78, 5) is 11.8. The maximum absolute atomic E-state index is 12.0. The second kappa shape index (κ2) is 5.97. The highest BCUT2D eigenvalue weighted by Gasteiger charge is 2.27. The van der Waals surface area contributed by atoms with E-state index in [0.29, 0.717) is 5.69 Å². The smallest absolute Gasteiger partial charge is 0.387 e. The number of anilines is 1. The van der Waals surface area contributed by atoms with Crippen molar-refractivity contribution in [2.75, 3.05) is 5.32 Å². The lowest BCUT2D eigenvalue weighted by Gasteiger charge is -2.25. The van der Waals surface area contributed by atoms with Crippen molar-refractivity contribution in [1.82, 2.24) is 0 Å². The minimum atomic E-state index is -2.87. The average Bonchev–Trinajstić information content (AvgIpc) is 2.28. The van der Waals surface area contributed by atoms with Crippen molar-refractivity contribution in [3.8, 4) is 5.75 Å². The van der Waals surface area contributed by atoms with E-state index in [0.717, 1.165) is 0 Å². The quantitative estimate of drug-likeness (QED) is 0.885. The number of halogens is 2. The van der Waals surface area contributed by atoms with Gasteiger partial charge in [0.2, 0.25) is 5.91 Å². The number of carbonyl (C=O) groups is 1. The third-order valence-electron chi connectivity index (χ3n) is 2.56. The van der Waals surface area contributed by atoms with Gasteiger partial charge in [0.05, 0.1) is 6.04 Å². The number of hydrogen-bond acceptors (Lipinski definition) is 3. The third kappa shape index (κ3) is 4.82. The van der Waals surface area contributed by atoms with E-state index in [1.54, 1.807) is 0 Å². The summed E-state index contributed by atoms with van der Waals surface area (Å²) < 4.78 is 28.1. The molecule has 1 amide bonds. The van der Waals surface area contributed by atoms with Crippen molar-refractivity contribution in [2.45, 2.75) is 33.4 Å². The van der Waals surface area contributed by atoms with Crippen LogP contribution in [0.25, 0.3) is 0 Å². The molecule has 19 heavy (non-hydrogen) atoms. The number of hydrogen-bond donors (Lipinski definition) is 2. The standard InChI is InChI=1S/C13H18F2N2O2/c1-13(2,3)10(16)11(18)17-8-4-6-9(7-5-8)19-12(14)15/h4-7,10,12H,16H2,1-3H3,(H,17,18)/t10-/m0/s1. The van der Waals surface area contributed by atoms with Gasteiger partial charge >= 0.3 is 6.61 Å². The highest BCUT2D eigenvalue weighted by atomic mass is 19.3. The zero-order valence-electron chi connectivity index (χ0n) is 11.1. The number of ether oxygens (including phenoxy) is 1. The van der Waals surface area contributed by atoms with Gasteiger partial charge in [-0.3, -0.25) is 4.79 Å². The Hall–Kier alpha value is -1.69. The number of benzene rings is 1. The van der Waals surface area contributed by atoms with Gasteiger partial charge in [-0.25, -0.2) is 0 Å². The van der Waals surface area contributed by atoms with Crippen molar-refractivity contribution in [1.29, 1.82) is 0 Å². The van der Waals surface area contributed by atoms with Crippen LogP contribution in [0.4, 0.5) is 14.5 Å². The van der Waals surface area contributed by atoms with Crippen molar-refractivity contribution in [3.05, 3.63) is 24.3 Å². The van der Waals surface area contributed by atoms with E-state index < -0.39 is 12.7 Å². The molecule has 0 aromatic heterocycles. The van der Waals surface area contributed by atoms with Crippen molar-refractivity contribution >= 4 is 11.6 Å². The summed E-state index contributed by atoms with van der Waals surface area (Å²) in [6, 6.07) is 4.99. The SMILES string of the molecule is CC(C)(C)[C@@H](N)C(=O)Nc1ccc(OC(F)F)cc1. The lowest BCUT2D eigenvalue weighted by atomic mass is 9.87. The Kier molecular flexibility index (Phi) is 4.83. The number of amides is 1. The molecule has 1 aromatic rings. The largest absolute Gasteiger partial charge is 0.435 e. The molecule has 1 atom stereocenters. The van der Waals surface area contributed by atoms with Gasteiger partial charge in [0, 0.05) is 5.69 Å². The predicted octanol–water partition coefficient (Wildman–Crippen LogP) is 2.60. The first-order chi connectivity index (χ1) is 8.70. The average molecular weight is 272 g/mol. The maximum atomic E-state index is 12.0. The van der Waals surface area contributed by atoms with Crippen LogP contribution >= 0.6 is 0 Å². The van der Waals surface area contributed by atoms with Crippen molar-refractivity contribution in [2.24, 2.45) is 11.1 Å². The van der Waals surface area contributed by atoms with Crippen LogP contribution < -0.4 is 15.8 Å². The predicted molar refractivity (Wildman–Crippen MR) is 69.1 cm³/mol. The maximum Gasteiger partial charge on any atom is 0.387 e. The van der Waals surface area contributed by atoms with Crippen LogP contribution in [0.5, 0.6) is 5.75 Å². The van der Waals surface area contributed by atoms with Crippen LogP contribution in [-0.4, -0.2) is 18.6 Å². The second-order valence-electron chi connectivity index (χ2n) is 5.24. The molecule has 0 saturated carbocycles. The normalized spacial score (nSPS) is 13.2. The van der Waals surface area contributed by atoms with Crippen LogP contribution in [0.1, 0.15) is 20.8 Å². The third-order valence-corrected chi connectivity index (χ3v) is 2.56. The van der Waals surface area contributed by atoms with E-state index in [1.807, 2.05) is 20.8 Å². The monoisotopic (exact) mass is 272 g/mol. The first kappa shape index (κ1) is 15.4. The molecule has 0 bridgehead atoms. The van der Waals surface area contributed by atoms with E-state index in [2.05, 4.69) is 10.1 Å². The fraction of sp³-hybridized carbons (Fsp3) is 0.462. The summed E-state index contributed by atoms with van der Waals surface area (Å²) in [5.41, 5.74) is 5.92. The van der Waals surface area contributed by atoms with E-state index in [9.17, 15) is 13.6 Å². The molecule has 0 aliphatic carbocycles. The molecule has 0 heterocycles. The summed E-state index contributed by atoms with van der Waals surface area (Å²) in [7, 11) is 0. The molecule has 6 heteroatoms. The molecule has 106 valence electrons. The number of alkyl halides is 2. The molecule has 0 radical (unpaired) electrons. The van der Waals surface area contributed by atoms with E-state index in [-0.39, 0.29) is 17.1 Å². The summed E-state index contributed by atoms with van der Waals surface area (Å²) in [6.45, 7) is 2.71.